The molecule has 1 amide bonds. The zero-order valence-electron chi connectivity index (χ0n) is 15.1. The summed E-state index contributed by atoms with van der Waals surface area (Å²) in [6.07, 6.45) is 9.25. The maximum atomic E-state index is 12.6. The van der Waals surface area contributed by atoms with Gasteiger partial charge in [-0.2, -0.15) is 0 Å². The van der Waals surface area contributed by atoms with Gasteiger partial charge in [-0.3, -0.25) is 9.78 Å². The van der Waals surface area contributed by atoms with Gasteiger partial charge >= 0.3 is 0 Å². The first-order chi connectivity index (χ1) is 12.8. The molecule has 2 aliphatic heterocycles. The third-order valence-corrected chi connectivity index (χ3v) is 6.41. The van der Waals surface area contributed by atoms with Crippen molar-refractivity contribution < 1.29 is 4.79 Å². The lowest BCUT2D eigenvalue weighted by Gasteiger charge is -2.29. The van der Waals surface area contributed by atoms with Gasteiger partial charge in [-0.15, -0.1) is 0 Å². The fourth-order valence-electron chi connectivity index (χ4n) is 3.74. The summed E-state index contributed by atoms with van der Waals surface area (Å²) in [4.78, 5) is 21.7. The Morgan fingerprint density at radius 3 is 2.31 bits per heavy atom. The van der Waals surface area contributed by atoms with Gasteiger partial charge < -0.3 is 15.1 Å². The molecule has 0 spiro atoms. The molecule has 0 bridgehead atoms. The van der Waals surface area contributed by atoms with Gasteiger partial charge in [0.15, 0.2) is 0 Å². The van der Waals surface area contributed by atoms with E-state index in [1.807, 2.05) is 23.5 Å². The third kappa shape index (κ3) is 3.85. The lowest BCUT2D eigenvalue weighted by atomic mass is 10.1. The number of piperidine rings is 2. The third-order valence-electron chi connectivity index (χ3n) is 5.16. The van der Waals surface area contributed by atoms with Crippen molar-refractivity contribution in [1.29, 1.82) is 0 Å². The number of amides is 1. The highest BCUT2D eigenvalue weighted by Crippen LogP contribution is 2.43. The number of carbonyl (C=O) groups is 1. The van der Waals surface area contributed by atoms with E-state index in [-0.39, 0.29) is 5.91 Å². The van der Waals surface area contributed by atoms with Crippen LogP contribution in [0.5, 0.6) is 0 Å². The Hall–Kier alpha value is -2.08. The van der Waals surface area contributed by atoms with Crippen LogP contribution in [0.2, 0.25) is 0 Å². The number of hydrogen-bond acceptors (Lipinski definition) is 5. The Morgan fingerprint density at radius 2 is 1.65 bits per heavy atom. The molecule has 138 valence electrons. The lowest BCUT2D eigenvalue weighted by molar-refractivity contribution is 0.102. The van der Waals surface area contributed by atoms with Crippen molar-refractivity contribution in [3.8, 4) is 0 Å². The Balaban J connectivity index is 1.60. The number of thiophene rings is 1. The van der Waals surface area contributed by atoms with Crippen LogP contribution >= 0.6 is 11.3 Å². The summed E-state index contributed by atoms with van der Waals surface area (Å²) in [6, 6.07) is 7.60. The number of pyridine rings is 1. The highest BCUT2D eigenvalue weighted by atomic mass is 32.1. The molecule has 5 nitrogen and oxygen atoms in total. The molecule has 0 saturated carbocycles. The Morgan fingerprint density at radius 1 is 0.962 bits per heavy atom. The molecule has 2 aromatic rings. The Kier molecular flexibility index (Phi) is 5.39. The quantitative estimate of drug-likeness (QED) is 0.868. The minimum atomic E-state index is -0.133. The molecule has 0 unspecified atom stereocenters. The molecule has 0 radical (unpaired) electrons. The number of anilines is 3. The van der Waals surface area contributed by atoms with E-state index in [1.165, 1.54) is 48.5 Å². The molecular weight excluding hydrogens is 344 g/mol. The molecule has 4 heterocycles. The van der Waals surface area contributed by atoms with E-state index in [9.17, 15) is 4.79 Å². The van der Waals surface area contributed by atoms with Crippen molar-refractivity contribution in [2.24, 2.45) is 0 Å². The number of hydrogen-bond donors (Lipinski definition) is 1. The lowest BCUT2D eigenvalue weighted by Crippen LogP contribution is -2.29. The van der Waals surface area contributed by atoms with Crippen LogP contribution in [0.15, 0.2) is 30.5 Å². The first-order valence-corrected chi connectivity index (χ1v) is 10.5. The minimum absolute atomic E-state index is 0.133. The van der Waals surface area contributed by atoms with E-state index in [2.05, 4.69) is 26.2 Å². The molecule has 2 aromatic heterocycles. The fraction of sp³-hybridized carbons (Fsp3) is 0.500. The van der Waals surface area contributed by atoms with Crippen LogP contribution in [0, 0.1) is 0 Å². The first-order valence-electron chi connectivity index (χ1n) is 9.67. The molecule has 0 aromatic carbocycles. The largest absolute Gasteiger partial charge is 0.363 e. The van der Waals surface area contributed by atoms with Gasteiger partial charge in [0.25, 0.3) is 5.91 Å². The molecule has 0 atom stereocenters. The predicted molar refractivity (Wildman–Crippen MR) is 109 cm³/mol. The second-order valence-corrected chi connectivity index (χ2v) is 8.08. The van der Waals surface area contributed by atoms with Gasteiger partial charge in [0.1, 0.15) is 10.7 Å². The number of rotatable bonds is 4. The fourth-order valence-corrected chi connectivity index (χ4v) is 4.96. The van der Waals surface area contributed by atoms with Gasteiger partial charge in [-0.05, 0) is 56.7 Å². The Bertz CT molecular complexity index is 734. The number of carbonyl (C=O) groups excluding carboxylic acids is 1. The molecule has 26 heavy (non-hydrogen) atoms. The standard InChI is InChI=1S/C20H26N4OS/c25-19(16-9-3-4-10-21-16)22-17-15-18(23-11-5-1-6-12-23)26-20(17)24-13-7-2-8-14-24/h3-4,9-10,15H,1-2,5-8,11-14H2,(H,22,25). The SMILES string of the molecule is O=C(Nc1cc(N2CCCCC2)sc1N1CCCCC1)c1ccccn1. The van der Waals surface area contributed by atoms with Gasteiger partial charge in [0.2, 0.25) is 0 Å². The van der Waals surface area contributed by atoms with Crippen LogP contribution in [0.1, 0.15) is 49.0 Å². The van der Waals surface area contributed by atoms with Crippen LogP contribution in [0.3, 0.4) is 0 Å². The van der Waals surface area contributed by atoms with Crippen LogP contribution in [0.4, 0.5) is 15.7 Å². The maximum absolute atomic E-state index is 12.6. The average molecular weight is 371 g/mol. The number of nitrogens with one attached hydrogen (secondary N) is 1. The summed E-state index contributed by atoms with van der Waals surface area (Å²) < 4.78 is 0. The highest BCUT2D eigenvalue weighted by Gasteiger charge is 2.23. The van der Waals surface area contributed by atoms with Gasteiger partial charge in [-0.25, -0.2) is 0 Å². The van der Waals surface area contributed by atoms with Gasteiger partial charge in [0, 0.05) is 32.4 Å². The first kappa shape index (κ1) is 17.3. The van der Waals surface area contributed by atoms with E-state index in [0.717, 1.165) is 31.9 Å². The molecule has 1 N–H and O–H groups in total. The van der Waals surface area contributed by atoms with E-state index in [1.54, 1.807) is 12.3 Å². The van der Waals surface area contributed by atoms with Crippen molar-refractivity contribution in [1.82, 2.24) is 4.98 Å². The summed E-state index contributed by atoms with van der Waals surface area (Å²) in [6.45, 7) is 4.39. The summed E-state index contributed by atoms with van der Waals surface area (Å²) >= 11 is 1.83. The van der Waals surface area contributed by atoms with Crippen LogP contribution in [0.25, 0.3) is 0 Å². The zero-order valence-corrected chi connectivity index (χ0v) is 15.9. The molecule has 2 aliphatic rings. The van der Waals surface area contributed by atoms with E-state index >= 15 is 0 Å². The van der Waals surface area contributed by atoms with Crippen molar-refractivity contribution in [2.75, 3.05) is 41.3 Å². The van der Waals surface area contributed by atoms with Crippen LogP contribution < -0.4 is 15.1 Å². The topological polar surface area (TPSA) is 48.5 Å². The highest BCUT2D eigenvalue weighted by molar-refractivity contribution is 7.20. The van der Waals surface area contributed by atoms with Crippen LogP contribution in [-0.2, 0) is 0 Å². The number of aromatic nitrogens is 1. The van der Waals surface area contributed by atoms with Crippen molar-refractivity contribution in [3.05, 3.63) is 36.2 Å². The van der Waals surface area contributed by atoms with Crippen molar-refractivity contribution in [2.45, 2.75) is 38.5 Å². The molecular formula is C20H26N4OS. The number of nitrogens with zero attached hydrogens (tertiary/aromatic N) is 3. The molecule has 6 heteroatoms. The maximum Gasteiger partial charge on any atom is 0.274 e. The summed E-state index contributed by atoms with van der Waals surface area (Å²) in [5.74, 6) is -0.133. The van der Waals surface area contributed by atoms with Gasteiger partial charge in [-0.1, -0.05) is 17.4 Å². The smallest absolute Gasteiger partial charge is 0.274 e. The summed E-state index contributed by atoms with van der Waals surface area (Å²) in [5, 5.41) is 5.61. The second-order valence-electron chi connectivity index (χ2n) is 7.07. The normalized spacial score (nSPS) is 18.0. The average Bonchev–Trinajstić information content (AvgIpc) is 3.14. The van der Waals surface area contributed by atoms with Gasteiger partial charge in [0.05, 0.1) is 10.7 Å². The second kappa shape index (κ2) is 8.08. The van der Waals surface area contributed by atoms with Crippen molar-refractivity contribution in [3.63, 3.8) is 0 Å². The predicted octanol–water partition coefficient (Wildman–Crippen LogP) is 4.38. The minimum Gasteiger partial charge on any atom is -0.363 e. The summed E-state index contributed by atoms with van der Waals surface area (Å²) in [5.41, 5.74) is 1.40. The van der Waals surface area contributed by atoms with Crippen LogP contribution in [-0.4, -0.2) is 37.1 Å². The monoisotopic (exact) mass is 370 g/mol. The zero-order chi connectivity index (χ0) is 17.8. The van der Waals surface area contributed by atoms with E-state index in [0.29, 0.717) is 5.69 Å². The van der Waals surface area contributed by atoms with Crippen molar-refractivity contribution >= 4 is 32.9 Å². The summed E-state index contributed by atoms with van der Waals surface area (Å²) in [7, 11) is 0. The molecule has 4 rings (SSSR count). The van der Waals surface area contributed by atoms with E-state index < -0.39 is 0 Å². The molecule has 2 saturated heterocycles. The Labute approximate surface area is 159 Å². The van der Waals surface area contributed by atoms with E-state index in [4.69, 9.17) is 0 Å². The molecule has 2 fully saturated rings. The molecule has 0 aliphatic carbocycles.